The molecule has 0 saturated heterocycles. The lowest BCUT2D eigenvalue weighted by molar-refractivity contribution is 0.507. The Labute approximate surface area is 135 Å². The Kier molecular flexibility index (Phi) is 4.74. The molecule has 0 spiro atoms. The van der Waals surface area contributed by atoms with Crippen LogP contribution in [0, 0.1) is 0 Å². The average molecular weight is 305 g/mol. The van der Waals surface area contributed by atoms with Crippen molar-refractivity contribution in [1.82, 2.24) is 5.32 Å². The van der Waals surface area contributed by atoms with Crippen molar-refractivity contribution in [3.63, 3.8) is 0 Å². The summed E-state index contributed by atoms with van der Waals surface area (Å²) in [5, 5.41) is 6.44. The maximum Gasteiger partial charge on any atom is 0.133 e. The second-order valence-electron chi connectivity index (χ2n) is 5.15. The number of rotatable bonds is 6. The Morgan fingerprint density at radius 2 is 2.09 bits per heavy atom. The highest BCUT2D eigenvalue weighted by atomic mass is 16.3. The molecular formula is C19H19N3O. The van der Waals surface area contributed by atoms with Crippen LogP contribution in [0.3, 0.4) is 0 Å². The van der Waals surface area contributed by atoms with Crippen molar-refractivity contribution in [3.8, 4) is 0 Å². The molecule has 3 rings (SSSR count). The Hall–Kier alpha value is -3.01. The first-order valence-electron chi connectivity index (χ1n) is 7.53. The SMILES string of the molecule is C=C(/C=C\NC1=NC=CC1)c1ccc(CNc2ccccc2)o1. The molecule has 2 heterocycles. The second kappa shape index (κ2) is 7.31. The van der Waals surface area contributed by atoms with E-state index in [-0.39, 0.29) is 0 Å². The summed E-state index contributed by atoms with van der Waals surface area (Å²) in [4.78, 5) is 4.17. The zero-order valence-corrected chi connectivity index (χ0v) is 12.8. The van der Waals surface area contributed by atoms with Crippen LogP contribution in [0.25, 0.3) is 5.57 Å². The maximum absolute atomic E-state index is 5.81. The number of nitrogens with zero attached hydrogens (tertiary/aromatic N) is 1. The lowest BCUT2D eigenvalue weighted by Crippen LogP contribution is -2.13. The molecule has 0 atom stereocenters. The first-order valence-corrected chi connectivity index (χ1v) is 7.53. The topological polar surface area (TPSA) is 49.6 Å². The third-order valence-corrected chi connectivity index (χ3v) is 3.40. The molecular weight excluding hydrogens is 286 g/mol. The number of furan rings is 1. The summed E-state index contributed by atoms with van der Waals surface area (Å²) in [6.07, 6.45) is 8.35. The highest BCUT2D eigenvalue weighted by Crippen LogP contribution is 2.18. The molecule has 116 valence electrons. The summed E-state index contributed by atoms with van der Waals surface area (Å²) in [5.74, 6) is 2.57. The molecule has 0 saturated carbocycles. The van der Waals surface area contributed by atoms with Crippen molar-refractivity contribution in [2.45, 2.75) is 13.0 Å². The molecule has 1 aromatic heterocycles. The van der Waals surface area contributed by atoms with E-state index >= 15 is 0 Å². The van der Waals surface area contributed by atoms with Gasteiger partial charge in [0, 0.05) is 30.1 Å². The van der Waals surface area contributed by atoms with E-state index in [1.807, 2.05) is 60.8 Å². The molecule has 4 nitrogen and oxygen atoms in total. The van der Waals surface area contributed by atoms with Crippen LogP contribution >= 0.6 is 0 Å². The molecule has 4 heteroatoms. The van der Waals surface area contributed by atoms with Crippen LogP contribution in [0.2, 0.25) is 0 Å². The van der Waals surface area contributed by atoms with Crippen molar-refractivity contribution in [1.29, 1.82) is 0 Å². The van der Waals surface area contributed by atoms with Gasteiger partial charge in [-0.2, -0.15) is 0 Å². The van der Waals surface area contributed by atoms with E-state index in [0.717, 1.165) is 35.0 Å². The van der Waals surface area contributed by atoms with Gasteiger partial charge in [0.1, 0.15) is 17.4 Å². The summed E-state index contributed by atoms with van der Waals surface area (Å²) in [6, 6.07) is 13.9. The first-order chi connectivity index (χ1) is 11.3. The number of amidine groups is 1. The van der Waals surface area contributed by atoms with E-state index in [2.05, 4.69) is 22.2 Å². The Morgan fingerprint density at radius 3 is 2.87 bits per heavy atom. The fraction of sp³-hybridized carbons (Fsp3) is 0.105. The number of aliphatic imine (C=N–C) groups is 1. The van der Waals surface area contributed by atoms with Gasteiger partial charge in [0.05, 0.1) is 6.54 Å². The van der Waals surface area contributed by atoms with Gasteiger partial charge in [-0.15, -0.1) is 0 Å². The first kappa shape index (κ1) is 14.9. The van der Waals surface area contributed by atoms with Gasteiger partial charge in [-0.3, -0.25) is 0 Å². The van der Waals surface area contributed by atoms with E-state index in [0.29, 0.717) is 6.54 Å². The quantitative estimate of drug-likeness (QED) is 0.781. The van der Waals surface area contributed by atoms with Crippen LogP contribution < -0.4 is 10.6 Å². The molecule has 1 aliphatic rings. The van der Waals surface area contributed by atoms with Gasteiger partial charge in [0.15, 0.2) is 0 Å². The third kappa shape index (κ3) is 4.23. The highest BCUT2D eigenvalue weighted by molar-refractivity contribution is 5.87. The Morgan fingerprint density at radius 1 is 1.22 bits per heavy atom. The molecule has 1 aromatic carbocycles. The normalized spacial score (nSPS) is 13.3. The van der Waals surface area contributed by atoms with Gasteiger partial charge >= 0.3 is 0 Å². The van der Waals surface area contributed by atoms with Gasteiger partial charge in [0.2, 0.25) is 0 Å². The van der Waals surface area contributed by atoms with Crippen LogP contribution in [0.1, 0.15) is 17.9 Å². The summed E-state index contributed by atoms with van der Waals surface area (Å²) in [6.45, 7) is 4.66. The maximum atomic E-state index is 5.81. The summed E-state index contributed by atoms with van der Waals surface area (Å²) in [5.41, 5.74) is 1.88. The number of nitrogens with one attached hydrogen (secondary N) is 2. The summed E-state index contributed by atoms with van der Waals surface area (Å²) in [7, 11) is 0. The molecule has 0 aliphatic carbocycles. The number of hydrogen-bond donors (Lipinski definition) is 2. The number of para-hydroxylation sites is 1. The summed E-state index contributed by atoms with van der Waals surface area (Å²) < 4.78 is 5.81. The van der Waals surface area contributed by atoms with E-state index in [4.69, 9.17) is 4.42 Å². The zero-order chi connectivity index (χ0) is 15.9. The minimum Gasteiger partial charge on any atom is -0.459 e. The molecule has 0 unspecified atom stereocenters. The number of benzene rings is 1. The molecule has 0 radical (unpaired) electrons. The fourth-order valence-electron chi connectivity index (χ4n) is 2.17. The van der Waals surface area contributed by atoms with Crippen molar-refractivity contribution in [2.75, 3.05) is 5.32 Å². The molecule has 1 aliphatic heterocycles. The van der Waals surface area contributed by atoms with Crippen LogP contribution in [-0.4, -0.2) is 5.84 Å². The van der Waals surface area contributed by atoms with Crippen LogP contribution in [0.4, 0.5) is 5.69 Å². The number of hydrogen-bond acceptors (Lipinski definition) is 4. The minimum atomic E-state index is 0.641. The Bertz CT molecular complexity index is 754. The largest absolute Gasteiger partial charge is 0.459 e. The molecule has 2 N–H and O–H groups in total. The van der Waals surface area contributed by atoms with Crippen molar-refractivity contribution < 1.29 is 4.42 Å². The lowest BCUT2D eigenvalue weighted by atomic mass is 10.2. The van der Waals surface area contributed by atoms with Crippen LogP contribution in [-0.2, 0) is 6.54 Å². The monoisotopic (exact) mass is 305 g/mol. The smallest absolute Gasteiger partial charge is 0.133 e. The fourth-order valence-corrected chi connectivity index (χ4v) is 2.17. The van der Waals surface area contributed by atoms with E-state index in [1.165, 1.54) is 0 Å². The average Bonchev–Trinajstić information content (AvgIpc) is 3.25. The van der Waals surface area contributed by atoms with Crippen LogP contribution in [0.5, 0.6) is 0 Å². The second-order valence-corrected chi connectivity index (χ2v) is 5.15. The van der Waals surface area contributed by atoms with Crippen molar-refractivity contribution in [2.24, 2.45) is 4.99 Å². The molecule has 0 fully saturated rings. The van der Waals surface area contributed by atoms with Gasteiger partial charge < -0.3 is 15.1 Å². The number of anilines is 1. The van der Waals surface area contributed by atoms with Crippen molar-refractivity contribution in [3.05, 3.63) is 85.1 Å². The summed E-state index contributed by atoms with van der Waals surface area (Å²) >= 11 is 0. The standard InChI is InChI=1S/C19H19N3O/c1-15(11-13-21-19-8-5-12-20-19)18-10-9-17(23-18)14-22-16-6-3-2-4-7-16/h2-7,9-13,22H,1,8,14H2,(H,20,21)/b13-11-. The molecule has 0 amide bonds. The molecule has 2 aromatic rings. The zero-order valence-electron chi connectivity index (χ0n) is 12.8. The van der Waals surface area contributed by atoms with Gasteiger partial charge in [0.25, 0.3) is 0 Å². The van der Waals surface area contributed by atoms with E-state index in [9.17, 15) is 0 Å². The number of allylic oxidation sites excluding steroid dienone is 2. The van der Waals surface area contributed by atoms with E-state index in [1.54, 1.807) is 6.20 Å². The van der Waals surface area contributed by atoms with Crippen molar-refractivity contribution >= 4 is 17.1 Å². The van der Waals surface area contributed by atoms with E-state index < -0.39 is 0 Å². The van der Waals surface area contributed by atoms with Crippen LogP contribution in [0.15, 0.2) is 83.0 Å². The molecule has 0 bridgehead atoms. The predicted octanol–water partition coefficient (Wildman–Crippen LogP) is 4.32. The lowest BCUT2D eigenvalue weighted by Gasteiger charge is -2.03. The van der Waals surface area contributed by atoms with Gasteiger partial charge in [-0.1, -0.05) is 30.9 Å². The van der Waals surface area contributed by atoms with Gasteiger partial charge in [-0.25, -0.2) is 4.99 Å². The van der Waals surface area contributed by atoms with Gasteiger partial charge in [-0.05, 0) is 30.3 Å². The predicted molar refractivity (Wildman–Crippen MR) is 95.0 cm³/mol. The third-order valence-electron chi connectivity index (χ3n) is 3.40. The molecule has 23 heavy (non-hydrogen) atoms. The highest BCUT2D eigenvalue weighted by Gasteiger charge is 2.04. The Balaban J connectivity index is 1.51. The minimum absolute atomic E-state index is 0.641.